The Kier molecular flexibility index (Phi) is 6.44. The molecule has 1 aromatic heterocycles. The van der Waals surface area contributed by atoms with Gasteiger partial charge in [-0.15, -0.1) is 0 Å². The minimum Gasteiger partial charge on any atom is -0.444 e. The molecule has 4 heteroatoms. The van der Waals surface area contributed by atoms with Crippen LogP contribution in [0.2, 0.25) is 0 Å². The third-order valence-electron chi connectivity index (χ3n) is 4.68. The van der Waals surface area contributed by atoms with Gasteiger partial charge in [0, 0.05) is 25.2 Å². The molecule has 0 saturated carbocycles. The van der Waals surface area contributed by atoms with Crippen LogP contribution < -0.4 is 5.32 Å². The van der Waals surface area contributed by atoms with E-state index in [1.807, 2.05) is 0 Å². The number of rotatable bonds is 9. The highest BCUT2D eigenvalue weighted by molar-refractivity contribution is 5.53. The number of nitrogens with one attached hydrogen (secondary N) is 1. The van der Waals surface area contributed by atoms with E-state index in [0.29, 0.717) is 5.89 Å². The first kappa shape index (κ1) is 17.2. The maximum absolute atomic E-state index is 5.64. The van der Waals surface area contributed by atoms with Crippen molar-refractivity contribution >= 4 is 0 Å². The fraction of sp³-hybridized carbons (Fsp3) is 0.550. The minimum absolute atomic E-state index is 0.716. The van der Waals surface area contributed by atoms with E-state index >= 15 is 0 Å². The first-order valence-corrected chi connectivity index (χ1v) is 9.32. The summed E-state index contributed by atoms with van der Waals surface area (Å²) in [6, 6.07) is 8.59. The minimum atomic E-state index is 0.716. The van der Waals surface area contributed by atoms with Crippen LogP contribution in [0.15, 0.2) is 34.9 Å². The quantitative estimate of drug-likeness (QED) is 0.710. The van der Waals surface area contributed by atoms with Crippen LogP contribution in [-0.2, 0) is 13.0 Å². The van der Waals surface area contributed by atoms with E-state index in [9.17, 15) is 0 Å². The summed E-state index contributed by atoms with van der Waals surface area (Å²) in [4.78, 5) is 7.11. The van der Waals surface area contributed by atoms with Gasteiger partial charge in [0.1, 0.15) is 6.26 Å². The largest absolute Gasteiger partial charge is 0.444 e. The predicted octanol–water partition coefficient (Wildman–Crippen LogP) is 3.87. The SMILES string of the molecule is CCCCc1ccc(-c2nc(CNCCN3CCCC3)co2)cc1. The Hall–Kier alpha value is -1.65. The van der Waals surface area contributed by atoms with E-state index < -0.39 is 0 Å². The van der Waals surface area contributed by atoms with Gasteiger partial charge >= 0.3 is 0 Å². The summed E-state index contributed by atoms with van der Waals surface area (Å²) in [6.45, 7) is 7.64. The fourth-order valence-corrected chi connectivity index (χ4v) is 3.18. The molecule has 1 N–H and O–H groups in total. The Balaban J connectivity index is 1.45. The third kappa shape index (κ3) is 4.92. The molecule has 0 aliphatic carbocycles. The van der Waals surface area contributed by atoms with Crippen LogP contribution in [0.1, 0.15) is 43.9 Å². The van der Waals surface area contributed by atoms with Gasteiger partial charge in [-0.25, -0.2) is 4.98 Å². The lowest BCUT2D eigenvalue weighted by Crippen LogP contribution is -2.29. The highest BCUT2D eigenvalue weighted by Crippen LogP contribution is 2.20. The van der Waals surface area contributed by atoms with Crippen LogP contribution in [0.5, 0.6) is 0 Å². The summed E-state index contributed by atoms with van der Waals surface area (Å²) >= 11 is 0. The van der Waals surface area contributed by atoms with Gasteiger partial charge in [-0.3, -0.25) is 0 Å². The second kappa shape index (κ2) is 9.00. The number of oxazole rings is 1. The summed E-state index contributed by atoms with van der Waals surface area (Å²) in [5, 5.41) is 3.46. The van der Waals surface area contributed by atoms with Crippen LogP contribution in [0, 0.1) is 0 Å². The number of unbranched alkanes of at least 4 members (excludes halogenated alkanes) is 1. The summed E-state index contributed by atoms with van der Waals surface area (Å²) in [5.74, 6) is 0.716. The molecule has 0 radical (unpaired) electrons. The van der Waals surface area contributed by atoms with Crippen molar-refractivity contribution in [3.8, 4) is 11.5 Å². The Morgan fingerprint density at radius 1 is 1.17 bits per heavy atom. The van der Waals surface area contributed by atoms with Gasteiger partial charge < -0.3 is 14.6 Å². The van der Waals surface area contributed by atoms with Crippen LogP contribution in [0.25, 0.3) is 11.5 Å². The maximum Gasteiger partial charge on any atom is 0.226 e. The lowest BCUT2D eigenvalue weighted by Gasteiger charge is -2.14. The summed E-state index contributed by atoms with van der Waals surface area (Å²) in [6.07, 6.45) is 8.09. The number of aryl methyl sites for hydroxylation is 1. The summed E-state index contributed by atoms with van der Waals surface area (Å²) in [7, 11) is 0. The molecule has 24 heavy (non-hydrogen) atoms. The topological polar surface area (TPSA) is 41.3 Å². The predicted molar refractivity (Wildman–Crippen MR) is 97.9 cm³/mol. The van der Waals surface area contributed by atoms with E-state index in [1.54, 1.807) is 6.26 Å². The maximum atomic E-state index is 5.64. The van der Waals surface area contributed by atoms with Crippen LogP contribution >= 0.6 is 0 Å². The molecule has 1 aliphatic heterocycles. The van der Waals surface area contributed by atoms with E-state index in [2.05, 4.69) is 46.4 Å². The van der Waals surface area contributed by atoms with Crippen molar-refractivity contribution in [2.24, 2.45) is 0 Å². The Bertz CT molecular complexity index is 600. The average Bonchev–Trinajstić information content (AvgIpc) is 3.29. The molecule has 1 aromatic carbocycles. The third-order valence-corrected chi connectivity index (χ3v) is 4.68. The van der Waals surface area contributed by atoms with Crippen LogP contribution in [-0.4, -0.2) is 36.1 Å². The Morgan fingerprint density at radius 2 is 1.96 bits per heavy atom. The van der Waals surface area contributed by atoms with Gasteiger partial charge in [-0.2, -0.15) is 0 Å². The average molecular weight is 327 g/mol. The van der Waals surface area contributed by atoms with Gasteiger partial charge in [0.15, 0.2) is 0 Å². The van der Waals surface area contributed by atoms with E-state index in [0.717, 1.165) is 37.3 Å². The summed E-state index contributed by atoms with van der Waals surface area (Å²) < 4.78 is 5.64. The monoisotopic (exact) mass is 327 g/mol. The Morgan fingerprint density at radius 3 is 2.71 bits per heavy atom. The zero-order valence-electron chi connectivity index (χ0n) is 14.8. The zero-order valence-corrected chi connectivity index (χ0v) is 14.8. The Labute approximate surface area is 145 Å². The fourth-order valence-electron chi connectivity index (χ4n) is 3.18. The molecule has 1 saturated heterocycles. The molecule has 4 nitrogen and oxygen atoms in total. The van der Waals surface area contributed by atoms with Crippen molar-refractivity contribution in [3.05, 3.63) is 41.8 Å². The molecular weight excluding hydrogens is 298 g/mol. The molecule has 1 aliphatic rings. The number of likely N-dealkylation sites (tertiary alicyclic amines) is 1. The number of aromatic nitrogens is 1. The molecule has 0 unspecified atom stereocenters. The molecule has 2 heterocycles. The number of nitrogens with zero attached hydrogens (tertiary/aromatic N) is 2. The highest BCUT2D eigenvalue weighted by Gasteiger charge is 2.11. The molecule has 3 rings (SSSR count). The van der Waals surface area contributed by atoms with Crippen molar-refractivity contribution in [3.63, 3.8) is 0 Å². The molecule has 0 amide bonds. The van der Waals surface area contributed by atoms with E-state index in [-0.39, 0.29) is 0 Å². The number of hydrogen-bond donors (Lipinski definition) is 1. The molecule has 0 bridgehead atoms. The molecule has 1 fully saturated rings. The molecule has 2 aromatic rings. The van der Waals surface area contributed by atoms with Gasteiger partial charge in [0.2, 0.25) is 5.89 Å². The van der Waals surface area contributed by atoms with Crippen molar-refractivity contribution in [2.45, 2.75) is 45.6 Å². The standard InChI is InChI=1S/C20H29N3O/c1-2-3-6-17-7-9-18(10-8-17)20-22-19(16-24-20)15-21-11-14-23-12-4-5-13-23/h7-10,16,21H,2-6,11-15H2,1H3. The highest BCUT2D eigenvalue weighted by atomic mass is 16.3. The van der Waals surface area contributed by atoms with Crippen molar-refractivity contribution in [1.29, 1.82) is 0 Å². The van der Waals surface area contributed by atoms with E-state index in [1.165, 1.54) is 44.3 Å². The van der Waals surface area contributed by atoms with Gasteiger partial charge in [-0.05, 0) is 56.5 Å². The van der Waals surface area contributed by atoms with Crippen LogP contribution in [0.3, 0.4) is 0 Å². The molecule has 0 spiro atoms. The van der Waals surface area contributed by atoms with E-state index in [4.69, 9.17) is 4.42 Å². The van der Waals surface area contributed by atoms with Gasteiger partial charge in [0.05, 0.1) is 5.69 Å². The van der Waals surface area contributed by atoms with Gasteiger partial charge in [0.25, 0.3) is 0 Å². The number of hydrogen-bond acceptors (Lipinski definition) is 4. The van der Waals surface area contributed by atoms with Crippen molar-refractivity contribution < 1.29 is 4.42 Å². The van der Waals surface area contributed by atoms with Gasteiger partial charge in [-0.1, -0.05) is 25.5 Å². The normalized spacial score (nSPS) is 15.2. The molecule has 130 valence electrons. The molecular formula is C20H29N3O. The zero-order chi connectivity index (χ0) is 16.6. The second-order valence-corrected chi connectivity index (χ2v) is 6.67. The number of benzene rings is 1. The lowest BCUT2D eigenvalue weighted by molar-refractivity contribution is 0.335. The van der Waals surface area contributed by atoms with Crippen molar-refractivity contribution in [1.82, 2.24) is 15.2 Å². The van der Waals surface area contributed by atoms with Crippen molar-refractivity contribution in [2.75, 3.05) is 26.2 Å². The first-order valence-electron chi connectivity index (χ1n) is 9.32. The smallest absolute Gasteiger partial charge is 0.226 e. The lowest BCUT2D eigenvalue weighted by atomic mass is 10.1. The van der Waals surface area contributed by atoms with Crippen LogP contribution in [0.4, 0.5) is 0 Å². The molecule has 0 atom stereocenters. The first-order chi connectivity index (χ1) is 11.8. The summed E-state index contributed by atoms with van der Waals surface area (Å²) in [5.41, 5.74) is 3.41. The second-order valence-electron chi connectivity index (χ2n) is 6.67.